The predicted octanol–water partition coefficient (Wildman–Crippen LogP) is 16.6. The maximum absolute atomic E-state index is 5.92. The van der Waals surface area contributed by atoms with Crippen molar-refractivity contribution in [2.45, 2.75) is 78.6 Å². The summed E-state index contributed by atoms with van der Waals surface area (Å²) in [4.78, 5) is 11.8. The summed E-state index contributed by atoms with van der Waals surface area (Å²) in [5.41, 5.74) is 18.1. The lowest BCUT2D eigenvalue weighted by Gasteiger charge is -2.21. The van der Waals surface area contributed by atoms with Crippen molar-refractivity contribution in [2.75, 3.05) is 0 Å². The van der Waals surface area contributed by atoms with Crippen LogP contribution in [0, 0.1) is 0 Å². The molecule has 5 nitrogen and oxygen atoms in total. The number of para-hydroxylation sites is 2. The summed E-state index contributed by atoms with van der Waals surface area (Å²) >= 11 is 0. The summed E-state index contributed by atoms with van der Waals surface area (Å²) in [6.45, 7) is 20.9. The smallest absolute Gasteiger partial charge is 0.165 e. The lowest BCUT2D eigenvalue weighted by Crippen LogP contribution is -2.11. The Hall–Kier alpha value is -7.50. The van der Waals surface area contributed by atoms with Gasteiger partial charge >= 0.3 is 0 Å². The molecule has 0 spiro atoms. The van der Waals surface area contributed by atoms with Crippen LogP contribution in [0.15, 0.2) is 146 Å². The second-order valence-corrected chi connectivity index (χ2v) is 22.3. The normalized spacial score (nSPS) is 13.4. The highest BCUT2D eigenvalue weighted by atomic mass is 15.1. The van der Waals surface area contributed by atoms with E-state index in [0.29, 0.717) is 0 Å². The van der Waals surface area contributed by atoms with E-state index in [1.807, 2.05) is 0 Å². The van der Waals surface area contributed by atoms with Crippen molar-refractivity contribution in [3.63, 3.8) is 0 Å². The zero-order chi connectivity index (χ0) is 45.6. The first-order valence-corrected chi connectivity index (χ1v) is 23.8. The maximum atomic E-state index is 5.92. The Kier molecular flexibility index (Phi) is 7.33. The fourth-order valence-corrected chi connectivity index (χ4v) is 11.6. The number of fused-ring (bicyclic) bond motifs is 17. The second kappa shape index (κ2) is 12.7. The molecular weight excluding hydrogens is 815 g/mol. The van der Waals surface area contributed by atoms with E-state index in [2.05, 4.69) is 221 Å². The van der Waals surface area contributed by atoms with Gasteiger partial charge in [0.25, 0.3) is 0 Å². The van der Waals surface area contributed by atoms with Crippen LogP contribution in [0.4, 0.5) is 0 Å². The van der Waals surface area contributed by atoms with Crippen molar-refractivity contribution < 1.29 is 0 Å². The lowest BCUT2D eigenvalue weighted by molar-refractivity contribution is 0.591. The molecule has 0 aliphatic carbocycles. The molecular formula is C62H51N5. The summed E-state index contributed by atoms with van der Waals surface area (Å²) < 4.78 is 7.30. The monoisotopic (exact) mass is 865 g/mol. The molecule has 0 atom stereocenters. The van der Waals surface area contributed by atoms with E-state index in [0.717, 1.165) is 33.4 Å². The van der Waals surface area contributed by atoms with Crippen LogP contribution in [-0.4, -0.2) is 23.3 Å². The molecule has 0 unspecified atom stereocenters. The van der Waals surface area contributed by atoms with Crippen molar-refractivity contribution in [3.05, 3.63) is 162 Å². The van der Waals surface area contributed by atoms with Gasteiger partial charge in [-0.05, 0) is 122 Å². The van der Waals surface area contributed by atoms with Crippen LogP contribution in [0.5, 0.6) is 0 Å². The van der Waals surface area contributed by atoms with Gasteiger partial charge in [-0.15, -0.1) is 0 Å². The molecule has 0 fully saturated rings. The van der Waals surface area contributed by atoms with Gasteiger partial charge in [0.05, 0.1) is 33.1 Å². The van der Waals surface area contributed by atoms with Gasteiger partial charge in [0, 0.05) is 54.3 Å². The standard InChI is InChI=1S/C62H51N5/c1-60(2,3)36-24-26-51-44(29-36)45-28-34-17-13-14-20-40(34)52-54-59(66(51)57(45)52)63-53-48-33-38(62(7,8)9)32-47-46-31-37(61(4,5)6)30-42(55(46)67(56(47)48)58(53)64-54)35-23-25-50-43(27-35)41-21-15-16-22-49(41)65(50)39-18-11-10-12-19-39/h10-33H,1-9H3. The highest BCUT2D eigenvalue weighted by molar-refractivity contribution is 6.32. The zero-order valence-electron chi connectivity index (χ0n) is 39.6. The Balaban J connectivity index is 1.16. The third-order valence-corrected chi connectivity index (χ3v) is 15.1. The molecule has 0 saturated heterocycles. The van der Waals surface area contributed by atoms with Crippen molar-refractivity contribution in [2.24, 2.45) is 0 Å². The van der Waals surface area contributed by atoms with Gasteiger partial charge in [-0.3, -0.25) is 8.80 Å². The van der Waals surface area contributed by atoms with Crippen molar-refractivity contribution in [3.8, 4) is 16.8 Å². The average Bonchev–Trinajstić information content (AvgIpc) is 4.09. The first kappa shape index (κ1) is 38.7. The van der Waals surface area contributed by atoms with Crippen LogP contribution >= 0.6 is 0 Å². The van der Waals surface area contributed by atoms with Crippen LogP contribution in [0.1, 0.15) is 79.0 Å². The molecule has 0 radical (unpaired) electrons. The predicted molar refractivity (Wildman–Crippen MR) is 285 cm³/mol. The van der Waals surface area contributed by atoms with Gasteiger partial charge in [-0.25, -0.2) is 9.97 Å². The quantitative estimate of drug-likeness (QED) is 0.174. The number of benzene rings is 8. The first-order chi connectivity index (χ1) is 32.1. The molecule has 5 heteroatoms. The van der Waals surface area contributed by atoms with Crippen LogP contribution in [0.3, 0.4) is 0 Å². The fraction of sp³-hybridized carbons (Fsp3) is 0.194. The van der Waals surface area contributed by atoms with Crippen LogP contribution in [0.25, 0.3) is 126 Å². The molecule has 8 aromatic carbocycles. The van der Waals surface area contributed by atoms with Gasteiger partial charge < -0.3 is 4.57 Å². The Bertz CT molecular complexity index is 4420. The van der Waals surface area contributed by atoms with Crippen LogP contribution in [0.2, 0.25) is 0 Å². The molecule has 324 valence electrons. The van der Waals surface area contributed by atoms with E-state index >= 15 is 0 Å². The minimum absolute atomic E-state index is 0.0178. The molecule has 6 aromatic heterocycles. The summed E-state index contributed by atoms with van der Waals surface area (Å²) in [6, 6.07) is 54.7. The Morgan fingerprint density at radius 1 is 0.373 bits per heavy atom. The molecule has 14 rings (SSSR count). The van der Waals surface area contributed by atoms with Gasteiger partial charge in [0.2, 0.25) is 0 Å². The molecule has 67 heavy (non-hydrogen) atoms. The van der Waals surface area contributed by atoms with Crippen molar-refractivity contribution in [1.29, 1.82) is 0 Å². The van der Waals surface area contributed by atoms with E-state index in [1.54, 1.807) is 0 Å². The van der Waals surface area contributed by atoms with Gasteiger partial charge in [-0.1, -0.05) is 135 Å². The van der Waals surface area contributed by atoms with E-state index < -0.39 is 0 Å². The molecule has 0 bridgehead atoms. The van der Waals surface area contributed by atoms with E-state index in [9.17, 15) is 0 Å². The summed E-state index contributed by atoms with van der Waals surface area (Å²) in [6.07, 6.45) is 0. The number of hydrogen-bond donors (Lipinski definition) is 0. The van der Waals surface area contributed by atoms with E-state index in [4.69, 9.17) is 9.97 Å². The second-order valence-electron chi connectivity index (χ2n) is 22.3. The zero-order valence-corrected chi connectivity index (χ0v) is 39.6. The number of aromatic nitrogens is 5. The Morgan fingerprint density at radius 2 is 0.940 bits per heavy atom. The topological polar surface area (TPSA) is 39.5 Å². The number of hydrogen-bond acceptors (Lipinski definition) is 2. The number of nitrogens with zero attached hydrogens (tertiary/aromatic N) is 5. The minimum Gasteiger partial charge on any atom is -0.309 e. The highest BCUT2D eigenvalue weighted by Crippen LogP contribution is 2.49. The van der Waals surface area contributed by atoms with E-state index in [1.165, 1.54) is 109 Å². The van der Waals surface area contributed by atoms with Gasteiger partial charge in [0.1, 0.15) is 11.0 Å². The molecule has 6 heterocycles. The van der Waals surface area contributed by atoms with Gasteiger partial charge in [0.15, 0.2) is 11.3 Å². The third-order valence-electron chi connectivity index (χ3n) is 15.1. The number of rotatable bonds is 2. The maximum Gasteiger partial charge on any atom is 0.165 e. The Labute approximate surface area is 388 Å². The van der Waals surface area contributed by atoms with Crippen molar-refractivity contribution in [1.82, 2.24) is 23.3 Å². The summed E-state index contributed by atoms with van der Waals surface area (Å²) in [7, 11) is 0. The summed E-state index contributed by atoms with van der Waals surface area (Å²) in [5.74, 6) is 0. The first-order valence-electron chi connectivity index (χ1n) is 23.8. The molecule has 14 aromatic rings. The van der Waals surface area contributed by atoms with Crippen LogP contribution in [-0.2, 0) is 16.2 Å². The molecule has 0 saturated carbocycles. The fourth-order valence-electron chi connectivity index (χ4n) is 11.6. The molecule has 0 aliphatic heterocycles. The average molecular weight is 866 g/mol. The highest BCUT2D eigenvalue weighted by Gasteiger charge is 2.30. The lowest BCUT2D eigenvalue weighted by atomic mass is 9.83. The Morgan fingerprint density at radius 3 is 1.70 bits per heavy atom. The van der Waals surface area contributed by atoms with E-state index in [-0.39, 0.29) is 16.2 Å². The van der Waals surface area contributed by atoms with Crippen molar-refractivity contribution >= 4 is 109 Å². The minimum atomic E-state index is -0.1000. The van der Waals surface area contributed by atoms with Gasteiger partial charge in [-0.2, -0.15) is 0 Å². The van der Waals surface area contributed by atoms with Crippen LogP contribution < -0.4 is 0 Å². The largest absolute Gasteiger partial charge is 0.309 e. The SMILES string of the molecule is CC(C)(C)c1ccc2c(c1)c1cc3ccccc3c3c4nc5c(nc4n2c13)c1cc(C(C)(C)C)cc2c3cc(C(C)(C)C)cc(-c4ccc6c(c4)c4ccccc4n6-c4ccccc4)c3n5c21. The molecule has 0 N–H and O–H groups in total. The third kappa shape index (κ3) is 5.15. The molecule has 0 aliphatic rings. The molecule has 0 amide bonds. The summed E-state index contributed by atoms with van der Waals surface area (Å²) in [5, 5.41) is 12.2.